The summed E-state index contributed by atoms with van der Waals surface area (Å²) in [7, 11) is 1.63. The van der Waals surface area contributed by atoms with Crippen LogP contribution in [0.2, 0.25) is 0 Å². The van der Waals surface area contributed by atoms with Crippen molar-refractivity contribution < 1.29 is 9.47 Å². The third kappa shape index (κ3) is 3.34. The zero-order valence-corrected chi connectivity index (χ0v) is 11.1. The van der Waals surface area contributed by atoms with Gasteiger partial charge in [-0.15, -0.1) is 0 Å². The first kappa shape index (κ1) is 13.1. The van der Waals surface area contributed by atoms with Gasteiger partial charge in [-0.1, -0.05) is 13.0 Å². The Morgan fingerprint density at radius 1 is 1.16 bits per heavy atom. The second-order valence-electron chi connectivity index (χ2n) is 4.06. The first-order chi connectivity index (χ1) is 9.22. The van der Waals surface area contributed by atoms with Gasteiger partial charge in [-0.2, -0.15) is 0 Å². The Bertz CT molecular complexity index is 541. The number of nitrogen functional groups attached to an aromatic ring is 1. The van der Waals surface area contributed by atoms with Crippen molar-refractivity contribution >= 4 is 5.82 Å². The van der Waals surface area contributed by atoms with Gasteiger partial charge in [-0.25, -0.2) is 4.98 Å². The maximum absolute atomic E-state index is 5.69. The summed E-state index contributed by atoms with van der Waals surface area (Å²) >= 11 is 0. The highest BCUT2D eigenvalue weighted by Crippen LogP contribution is 2.28. The smallest absolute Gasteiger partial charge is 0.161 e. The molecule has 0 spiro atoms. The second-order valence-corrected chi connectivity index (χ2v) is 4.06. The summed E-state index contributed by atoms with van der Waals surface area (Å²) < 4.78 is 11.0. The van der Waals surface area contributed by atoms with Gasteiger partial charge >= 0.3 is 0 Å². The first-order valence-electron chi connectivity index (χ1n) is 6.09. The van der Waals surface area contributed by atoms with E-state index in [1.54, 1.807) is 13.3 Å². The van der Waals surface area contributed by atoms with Crippen LogP contribution < -0.4 is 15.2 Å². The number of hydrogen-bond donors (Lipinski definition) is 1. The van der Waals surface area contributed by atoms with Crippen molar-refractivity contribution in [3.63, 3.8) is 0 Å². The van der Waals surface area contributed by atoms with Crippen molar-refractivity contribution in [3.05, 3.63) is 41.9 Å². The third-order valence-electron chi connectivity index (χ3n) is 2.74. The van der Waals surface area contributed by atoms with Crippen molar-refractivity contribution in [1.29, 1.82) is 0 Å². The van der Waals surface area contributed by atoms with E-state index in [1.807, 2.05) is 18.2 Å². The van der Waals surface area contributed by atoms with Gasteiger partial charge in [-0.05, 0) is 24.1 Å². The molecule has 2 aromatic rings. The summed E-state index contributed by atoms with van der Waals surface area (Å²) in [6, 6.07) is 5.90. The third-order valence-corrected chi connectivity index (χ3v) is 2.74. The molecule has 100 valence electrons. The molecule has 0 bridgehead atoms. The molecule has 0 fully saturated rings. The van der Waals surface area contributed by atoms with Gasteiger partial charge in [0.05, 0.1) is 25.2 Å². The van der Waals surface area contributed by atoms with Gasteiger partial charge in [0.2, 0.25) is 0 Å². The molecule has 0 amide bonds. The van der Waals surface area contributed by atoms with Crippen LogP contribution in [0.15, 0.2) is 30.6 Å². The summed E-state index contributed by atoms with van der Waals surface area (Å²) in [6.45, 7) is 2.42. The molecule has 1 aromatic carbocycles. The summed E-state index contributed by atoms with van der Waals surface area (Å²) in [5, 5.41) is 0. The van der Waals surface area contributed by atoms with Gasteiger partial charge in [0.1, 0.15) is 12.4 Å². The Morgan fingerprint density at radius 2 is 2.00 bits per heavy atom. The molecule has 5 nitrogen and oxygen atoms in total. The van der Waals surface area contributed by atoms with E-state index in [0.717, 1.165) is 17.9 Å². The van der Waals surface area contributed by atoms with Crippen LogP contribution in [0.25, 0.3) is 0 Å². The fourth-order valence-electron chi connectivity index (χ4n) is 1.64. The van der Waals surface area contributed by atoms with Crippen molar-refractivity contribution in [2.45, 2.75) is 20.0 Å². The standard InChI is InChI=1S/C14H17N3O2/c1-3-10-4-5-12(13(6-10)18-2)19-9-11-7-17-14(15)8-16-11/h4-8H,3,9H2,1-2H3,(H2,15,17). The lowest BCUT2D eigenvalue weighted by atomic mass is 10.1. The van der Waals surface area contributed by atoms with E-state index < -0.39 is 0 Å². The quantitative estimate of drug-likeness (QED) is 0.891. The molecule has 2 rings (SSSR count). The van der Waals surface area contributed by atoms with Gasteiger partial charge in [0.15, 0.2) is 11.5 Å². The molecule has 0 aliphatic carbocycles. The Hall–Kier alpha value is -2.30. The molecule has 0 unspecified atom stereocenters. The molecular formula is C14H17N3O2. The normalized spacial score (nSPS) is 10.2. The zero-order valence-electron chi connectivity index (χ0n) is 11.1. The van der Waals surface area contributed by atoms with Crippen LogP contribution in [-0.2, 0) is 13.0 Å². The molecule has 2 N–H and O–H groups in total. The van der Waals surface area contributed by atoms with Crippen LogP contribution in [0.3, 0.4) is 0 Å². The van der Waals surface area contributed by atoms with Gasteiger partial charge < -0.3 is 15.2 Å². The summed E-state index contributed by atoms with van der Waals surface area (Å²) in [5.41, 5.74) is 7.40. The molecule has 5 heteroatoms. The van der Waals surface area contributed by atoms with Crippen molar-refractivity contribution in [3.8, 4) is 11.5 Å². The molecule has 0 aliphatic heterocycles. The first-order valence-corrected chi connectivity index (χ1v) is 6.09. The van der Waals surface area contributed by atoms with E-state index >= 15 is 0 Å². The van der Waals surface area contributed by atoms with Crippen LogP contribution in [0.5, 0.6) is 11.5 Å². The van der Waals surface area contributed by atoms with Gasteiger partial charge in [-0.3, -0.25) is 4.98 Å². The van der Waals surface area contributed by atoms with Crippen molar-refractivity contribution in [2.75, 3.05) is 12.8 Å². The van der Waals surface area contributed by atoms with Crippen LogP contribution in [0.4, 0.5) is 5.82 Å². The van der Waals surface area contributed by atoms with Crippen LogP contribution in [0.1, 0.15) is 18.2 Å². The number of rotatable bonds is 5. The number of benzene rings is 1. The molecule has 0 radical (unpaired) electrons. The van der Waals surface area contributed by atoms with Crippen molar-refractivity contribution in [2.24, 2.45) is 0 Å². The zero-order chi connectivity index (χ0) is 13.7. The second kappa shape index (κ2) is 6.04. The number of aromatic nitrogens is 2. The minimum absolute atomic E-state index is 0.328. The highest BCUT2D eigenvalue weighted by Gasteiger charge is 2.06. The molecule has 19 heavy (non-hydrogen) atoms. The Morgan fingerprint density at radius 3 is 2.63 bits per heavy atom. The summed E-state index contributed by atoms with van der Waals surface area (Å²) in [5.74, 6) is 1.81. The minimum Gasteiger partial charge on any atom is -0.493 e. The molecular weight excluding hydrogens is 242 g/mol. The van der Waals surface area contributed by atoms with E-state index in [9.17, 15) is 0 Å². The SMILES string of the molecule is CCc1ccc(OCc2cnc(N)cn2)c(OC)c1. The van der Waals surface area contributed by atoms with E-state index in [1.165, 1.54) is 11.8 Å². The topological polar surface area (TPSA) is 70.3 Å². The fraction of sp³-hybridized carbons (Fsp3) is 0.286. The molecule has 0 aliphatic rings. The molecule has 0 saturated heterocycles. The lowest BCUT2D eigenvalue weighted by molar-refractivity contribution is 0.280. The maximum atomic E-state index is 5.69. The van der Waals surface area contributed by atoms with E-state index in [0.29, 0.717) is 18.2 Å². The van der Waals surface area contributed by atoms with E-state index in [2.05, 4.69) is 16.9 Å². The fourth-order valence-corrected chi connectivity index (χ4v) is 1.64. The number of aryl methyl sites for hydroxylation is 1. The predicted molar refractivity (Wildman–Crippen MR) is 73.1 cm³/mol. The number of hydrogen-bond acceptors (Lipinski definition) is 5. The van der Waals surface area contributed by atoms with E-state index in [4.69, 9.17) is 15.2 Å². The number of anilines is 1. The molecule has 0 atom stereocenters. The summed E-state index contributed by atoms with van der Waals surface area (Å²) in [4.78, 5) is 8.09. The van der Waals surface area contributed by atoms with Crippen LogP contribution >= 0.6 is 0 Å². The van der Waals surface area contributed by atoms with Gasteiger partial charge in [0, 0.05) is 0 Å². The number of nitrogens with zero attached hydrogens (tertiary/aromatic N) is 2. The Balaban J connectivity index is 2.08. The highest BCUT2D eigenvalue weighted by molar-refractivity contribution is 5.43. The minimum atomic E-state index is 0.328. The average Bonchev–Trinajstić information content (AvgIpc) is 2.46. The largest absolute Gasteiger partial charge is 0.493 e. The van der Waals surface area contributed by atoms with Gasteiger partial charge in [0.25, 0.3) is 0 Å². The lowest BCUT2D eigenvalue weighted by Crippen LogP contribution is -2.02. The summed E-state index contributed by atoms with van der Waals surface area (Å²) in [6.07, 6.45) is 4.07. The number of nitrogens with two attached hydrogens (primary N) is 1. The molecule has 1 aromatic heterocycles. The van der Waals surface area contributed by atoms with Crippen LogP contribution in [0, 0.1) is 0 Å². The van der Waals surface area contributed by atoms with Crippen LogP contribution in [-0.4, -0.2) is 17.1 Å². The Kier molecular flexibility index (Phi) is 4.18. The number of methoxy groups -OCH3 is 1. The Labute approximate surface area is 112 Å². The van der Waals surface area contributed by atoms with E-state index in [-0.39, 0.29) is 0 Å². The monoisotopic (exact) mass is 259 g/mol. The highest BCUT2D eigenvalue weighted by atomic mass is 16.5. The number of ether oxygens (including phenoxy) is 2. The maximum Gasteiger partial charge on any atom is 0.161 e. The molecule has 1 heterocycles. The lowest BCUT2D eigenvalue weighted by Gasteiger charge is -2.11. The molecule has 0 saturated carbocycles. The average molecular weight is 259 g/mol. The van der Waals surface area contributed by atoms with Crippen molar-refractivity contribution in [1.82, 2.24) is 9.97 Å². The predicted octanol–water partition coefficient (Wildman–Crippen LogP) is 2.21.